The smallest absolute Gasteiger partial charge is 0.306 e. The average Bonchev–Trinajstić information content (AvgIpc) is 3.48. The molecule has 0 amide bonds. The second-order valence-electron chi connectivity index (χ2n) is 23.1. The third-order valence-electron chi connectivity index (χ3n) is 15.0. The van der Waals surface area contributed by atoms with Crippen LogP contribution < -0.4 is 0 Å². The largest absolute Gasteiger partial charge is 0.462 e. The van der Waals surface area contributed by atoms with Gasteiger partial charge in [-0.15, -0.1) is 0 Å². The molecular formula is C76H130O6. The average molecular weight is 1140 g/mol. The summed E-state index contributed by atoms with van der Waals surface area (Å²) >= 11 is 0. The van der Waals surface area contributed by atoms with Crippen LogP contribution in [-0.2, 0) is 28.6 Å². The van der Waals surface area contributed by atoms with Crippen LogP contribution in [0.15, 0.2) is 109 Å². The topological polar surface area (TPSA) is 78.9 Å². The fourth-order valence-corrected chi connectivity index (χ4v) is 9.81. The van der Waals surface area contributed by atoms with Crippen molar-refractivity contribution in [3.8, 4) is 0 Å². The first-order valence-corrected chi connectivity index (χ1v) is 34.9. The van der Waals surface area contributed by atoms with E-state index in [0.29, 0.717) is 12.8 Å². The molecule has 1 atom stereocenters. The summed E-state index contributed by atoms with van der Waals surface area (Å²) in [6.45, 7) is 6.49. The third-order valence-corrected chi connectivity index (χ3v) is 15.0. The fourth-order valence-electron chi connectivity index (χ4n) is 9.81. The predicted octanol–water partition coefficient (Wildman–Crippen LogP) is 24.2. The zero-order chi connectivity index (χ0) is 59.2. The highest BCUT2D eigenvalue weighted by molar-refractivity contribution is 5.71. The summed E-state index contributed by atoms with van der Waals surface area (Å²) in [6, 6.07) is 0. The molecule has 0 aliphatic heterocycles. The molecule has 0 N–H and O–H groups in total. The first-order valence-electron chi connectivity index (χ1n) is 34.9. The van der Waals surface area contributed by atoms with Crippen LogP contribution in [0.3, 0.4) is 0 Å². The molecule has 470 valence electrons. The van der Waals surface area contributed by atoms with Crippen molar-refractivity contribution >= 4 is 17.9 Å². The zero-order valence-electron chi connectivity index (χ0n) is 54.0. The van der Waals surface area contributed by atoms with Crippen molar-refractivity contribution in [1.29, 1.82) is 0 Å². The van der Waals surface area contributed by atoms with Gasteiger partial charge in [0.1, 0.15) is 13.2 Å². The van der Waals surface area contributed by atoms with Gasteiger partial charge in [-0.1, -0.05) is 316 Å². The van der Waals surface area contributed by atoms with E-state index >= 15 is 0 Å². The fraction of sp³-hybridized carbons (Fsp3) is 0.724. The number of hydrogen-bond acceptors (Lipinski definition) is 6. The number of hydrogen-bond donors (Lipinski definition) is 0. The minimum absolute atomic E-state index is 0.0893. The van der Waals surface area contributed by atoms with Gasteiger partial charge in [-0.25, -0.2) is 0 Å². The van der Waals surface area contributed by atoms with Gasteiger partial charge in [0.15, 0.2) is 6.10 Å². The number of esters is 3. The normalized spacial score (nSPS) is 12.8. The van der Waals surface area contributed by atoms with Crippen LogP contribution in [-0.4, -0.2) is 37.2 Å². The Morgan fingerprint density at radius 3 is 0.756 bits per heavy atom. The maximum atomic E-state index is 12.9. The molecule has 0 aliphatic carbocycles. The molecule has 0 aromatic carbocycles. The number of carbonyl (C=O) groups excluding carboxylic acids is 3. The van der Waals surface area contributed by atoms with E-state index in [4.69, 9.17) is 14.2 Å². The van der Waals surface area contributed by atoms with Crippen molar-refractivity contribution in [3.05, 3.63) is 109 Å². The minimum Gasteiger partial charge on any atom is -0.462 e. The molecule has 0 radical (unpaired) electrons. The Bertz CT molecular complexity index is 1640. The molecule has 0 aromatic rings. The first kappa shape index (κ1) is 78.1. The van der Waals surface area contributed by atoms with Crippen LogP contribution in [0.5, 0.6) is 0 Å². The molecule has 0 bridgehead atoms. The monoisotopic (exact) mass is 1140 g/mol. The van der Waals surface area contributed by atoms with Crippen LogP contribution in [0, 0.1) is 0 Å². The van der Waals surface area contributed by atoms with Gasteiger partial charge in [0.2, 0.25) is 0 Å². The van der Waals surface area contributed by atoms with Gasteiger partial charge in [-0.2, -0.15) is 0 Å². The number of ether oxygens (including phenoxy) is 3. The van der Waals surface area contributed by atoms with Crippen molar-refractivity contribution in [2.75, 3.05) is 13.2 Å². The van der Waals surface area contributed by atoms with Crippen molar-refractivity contribution in [2.45, 2.75) is 341 Å². The standard InChI is InChI=1S/C76H130O6/c1-4-7-10-13-16-19-21-23-25-27-29-31-33-35-36-37-38-39-40-42-43-45-47-49-51-53-55-57-60-63-66-69-75(78)81-72-73(71-80-74(77)68-65-62-59-18-15-12-9-6-3)82-76(79)70-67-64-61-58-56-54-52-50-48-46-44-41-34-32-30-28-26-24-22-20-17-14-11-8-5-2/h8,11,17,20-21,23-24,26-27,29-30,32,41,44,48,50,54,56,73H,4-7,9-10,12-16,18-19,22,25,28,31,33-40,42-43,45-47,49,51-53,55,57-72H2,1-3H3/b11-8-,20-17-,23-21-,26-24-,29-27-,32-30-,44-41-,50-48-,56-54-. The summed E-state index contributed by atoms with van der Waals surface area (Å²) in [5.41, 5.74) is 0. The summed E-state index contributed by atoms with van der Waals surface area (Å²) in [6.07, 6.45) is 95.7. The van der Waals surface area contributed by atoms with Gasteiger partial charge in [-0.3, -0.25) is 14.4 Å². The highest BCUT2D eigenvalue weighted by Gasteiger charge is 2.19. The lowest BCUT2D eigenvalue weighted by Gasteiger charge is -2.18. The van der Waals surface area contributed by atoms with Gasteiger partial charge in [-0.05, 0) is 109 Å². The van der Waals surface area contributed by atoms with Crippen LogP contribution in [0.4, 0.5) is 0 Å². The van der Waals surface area contributed by atoms with Gasteiger partial charge < -0.3 is 14.2 Å². The van der Waals surface area contributed by atoms with E-state index in [1.54, 1.807) is 0 Å². The molecular weight excluding hydrogens is 1010 g/mol. The Labute approximate surface area is 508 Å². The molecule has 82 heavy (non-hydrogen) atoms. The van der Waals surface area contributed by atoms with Gasteiger partial charge in [0, 0.05) is 19.3 Å². The second-order valence-corrected chi connectivity index (χ2v) is 23.1. The summed E-state index contributed by atoms with van der Waals surface area (Å²) < 4.78 is 16.9. The lowest BCUT2D eigenvalue weighted by Crippen LogP contribution is -2.30. The van der Waals surface area contributed by atoms with E-state index in [2.05, 4.69) is 130 Å². The number of unbranched alkanes of at least 4 members (excludes halogenated alkanes) is 34. The van der Waals surface area contributed by atoms with Crippen LogP contribution in [0.1, 0.15) is 335 Å². The lowest BCUT2D eigenvalue weighted by atomic mass is 10.0. The molecule has 0 fully saturated rings. The van der Waals surface area contributed by atoms with E-state index in [0.717, 1.165) is 116 Å². The lowest BCUT2D eigenvalue weighted by molar-refractivity contribution is -0.167. The first-order chi connectivity index (χ1) is 40.5. The van der Waals surface area contributed by atoms with E-state index in [1.807, 2.05) is 0 Å². The molecule has 0 aromatic heterocycles. The van der Waals surface area contributed by atoms with Crippen molar-refractivity contribution in [3.63, 3.8) is 0 Å². The molecule has 1 unspecified atom stereocenters. The third kappa shape index (κ3) is 66.9. The highest BCUT2D eigenvalue weighted by atomic mass is 16.6. The van der Waals surface area contributed by atoms with Gasteiger partial charge >= 0.3 is 17.9 Å². The molecule has 0 saturated carbocycles. The number of carbonyl (C=O) groups is 3. The maximum absolute atomic E-state index is 12.9. The van der Waals surface area contributed by atoms with E-state index in [9.17, 15) is 14.4 Å². The number of allylic oxidation sites excluding steroid dienone is 18. The summed E-state index contributed by atoms with van der Waals surface area (Å²) in [4.78, 5) is 38.2. The molecule has 0 saturated heterocycles. The van der Waals surface area contributed by atoms with Crippen molar-refractivity contribution in [2.24, 2.45) is 0 Å². The summed E-state index contributed by atoms with van der Waals surface area (Å²) in [5.74, 6) is -0.916. The Hall–Kier alpha value is -3.93. The van der Waals surface area contributed by atoms with E-state index in [-0.39, 0.29) is 37.5 Å². The highest BCUT2D eigenvalue weighted by Crippen LogP contribution is 2.17. The molecule has 6 heteroatoms. The summed E-state index contributed by atoms with van der Waals surface area (Å²) in [5, 5.41) is 0. The van der Waals surface area contributed by atoms with Gasteiger partial charge in [0.05, 0.1) is 0 Å². The molecule has 0 rings (SSSR count). The molecule has 6 nitrogen and oxygen atoms in total. The van der Waals surface area contributed by atoms with Crippen molar-refractivity contribution in [1.82, 2.24) is 0 Å². The van der Waals surface area contributed by atoms with Gasteiger partial charge in [0.25, 0.3) is 0 Å². The maximum Gasteiger partial charge on any atom is 0.306 e. The van der Waals surface area contributed by atoms with E-state index in [1.165, 1.54) is 180 Å². The summed E-state index contributed by atoms with van der Waals surface area (Å²) in [7, 11) is 0. The Morgan fingerprint density at radius 2 is 0.476 bits per heavy atom. The zero-order valence-corrected chi connectivity index (χ0v) is 54.0. The van der Waals surface area contributed by atoms with Crippen molar-refractivity contribution < 1.29 is 28.6 Å². The number of rotatable bonds is 63. The molecule has 0 heterocycles. The Kier molecular flexibility index (Phi) is 66.2. The SMILES string of the molecule is CC/C=C\C/C=C\C/C=C\C/C=C\C/C=C\C/C=C\C/C=C\CCCCCC(=O)OC(COC(=O)CCCCCCCCCC)COC(=O)CCCCCCCCCCCCCCCCCCCCC/C=C\C/C=C\CCCCCCC. The predicted molar refractivity (Wildman–Crippen MR) is 357 cm³/mol. The van der Waals surface area contributed by atoms with Crippen LogP contribution in [0.2, 0.25) is 0 Å². The Morgan fingerprint density at radius 1 is 0.256 bits per heavy atom. The van der Waals surface area contributed by atoms with Crippen LogP contribution in [0.25, 0.3) is 0 Å². The van der Waals surface area contributed by atoms with Crippen LogP contribution >= 0.6 is 0 Å². The van der Waals surface area contributed by atoms with E-state index < -0.39 is 6.10 Å². The quantitative estimate of drug-likeness (QED) is 0.0261. The molecule has 0 aliphatic rings. The molecule has 0 spiro atoms. The minimum atomic E-state index is -0.795. The second kappa shape index (κ2) is 69.6. The Balaban J connectivity index is 4.16.